The van der Waals surface area contributed by atoms with Crippen molar-refractivity contribution in [2.24, 2.45) is 0 Å². The summed E-state index contributed by atoms with van der Waals surface area (Å²) >= 11 is 7.62. The number of thiazole rings is 1. The highest BCUT2D eigenvalue weighted by molar-refractivity contribution is 7.21. The van der Waals surface area contributed by atoms with Crippen LogP contribution in [0.25, 0.3) is 20.8 Å². The average molecular weight is 275 g/mol. The standard InChI is InChI=1S/C14H11ClN2S/c1-8-6-9(15)2-4-11(8)14-17-12-5-3-10(16)7-13(12)18-14/h2-7H,16H2,1H3. The Balaban J connectivity index is 2.19. The Hall–Kier alpha value is -1.58. The Bertz CT molecular complexity index is 734. The molecule has 0 bridgehead atoms. The molecule has 2 aromatic carbocycles. The van der Waals surface area contributed by atoms with Gasteiger partial charge in [0.25, 0.3) is 0 Å². The third-order valence-corrected chi connectivity index (χ3v) is 4.12. The van der Waals surface area contributed by atoms with E-state index in [-0.39, 0.29) is 0 Å². The minimum Gasteiger partial charge on any atom is -0.399 e. The summed E-state index contributed by atoms with van der Waals surface area (Å²) in [5, 5.41) is 1.76. The van der Waals surface area contributed by atoms with E-state index in [2.05, 4.69) is 4.98 Å². The minimum atomic E-state index is 0.751. The van der Waals surface area contributed by atoms with Crippen LogP contribution in [0.5, 0.6) is 0 Å². The molecule has 3 rings (SSSR count). The smallest absolute Gasteiger partial charge is 0.124 e. The fourth-order valence-corrected chi connectivity index (χ4v) is 3.25. The van der Waals surface area contributed by atoms with Crippen LogP contribution >= 0.6 is 22.9 Å². The van der Waals surface area contributed by atoms with Gasteiger partial charge in [0, 0.05) is 16.3 Å². The molecule has 0 spiro atoms. The molecule has 0 radical (unpaired) electrons. The zero-order valence-electron chi connectivity index (χ0n) is 9.77. The van der Waals surface area contributed by atoms with Gasteiger partial charge in [-0.15, -0.1) is 11.3 Å². The molecule has 0 aliphatic rings. The van der Waals surface area contributed by atoms with E-state index >= 15 is 0 Å². The van der Waals surface area contributed by atoms with Gasteiger partial charge >= 0.3 is 0 Å². The van der Waals surface area contributed by atoms with Crippen molar-refractivity contribution in [3.63, 3.8) is 0 Å². The molecule has 0 aliphatic heterocycles. The van der Waals surface area contributed by atoms with E-state index < -0.39 is 0 Å². The number of benzene rings is 2. The molecule has 0 aliphatic carbocycles. The largest absolute Gasteiger partial charge is 0.399 e. The third kappa shape index (κ3) is 1.96. The summed E-state index contributed by atoms with van der Waals surface area (Å²) in [4.78, 5) is 4.63. The second kappa shape index (κ2) is 4.26. The van der Waals surface area contributed by atoms with E-state index in [1.165, 1.54) is 0 Å². The number of nitrogens with two attached hydrogens (primary N) is 1. The van der Waals surface area contributed by atoms with Crippen LogP contribution < -0.4 is 5.73 Å². The lowest BCUT2D eigenvalue weighted by Crippen LogP contribution is -1.82. The van der Waals surface area contributed by atoms with Gasteiger partial charge in [0.1, 0.15) is 5.01 Å². The maximum absolute atomic E-state index is 5.97. The van der Waals surface area contributed by atoms with Crippen molar-refractivity contribution in [1.82, 2.24) is 4.98 Å². The molecule has 18 heavy (non-hydrogen) atoms. The zero-order chi connectivity index (χ0) is 12.7. The molecular formula is C14H11ClN2S. The molecule has 0 unspecified atom stereocenters. The average Bonchev–Trinajstić information content (AvgIpc) is 2.71. The van der Waals surface area contributed by atoms with Crippen molar-refractivity contribution in [3.8, 4) is 10.6 Å². The van der Waals surface area contributed by atoms with Gasteiger partial charge in [-0.3, -0.25) is 0 Å². The van der Waals surface area contributed by atoms with E-state index in [0.29, 0.717) is 0 Å². The number of rotatable bonds is 1. The first-order valence-corrected chi connectivity index (χ1v) is 6.75. The van der Waals surface area contributed by atoms with Gasteiger partial charge < -0.3 is 5.73 Å². The summed E-state index contributed by atoms with van der Waals surface area (Å²) in [5.41, 5.74) is 9.79. The molecule has 0 fully saturated rings. The third-order valence-electron chi connectivity index (χ3n) is 2.83. The summed E-state index contributed by atoms with van der Waals surface area (Å²) < 4.78 is 1.11. The molecule has 0 saturated carbocycles. The molecule has 0 amide bonds. The maximum atomic E-state index is 5.97. The number of nitrogen functional groups attached to an aromatic ring is 1. The number of nitrogens with zero attached hydrogens (tertiary/aromatic N) is 1. The van der Waals surface area contributed by atoms with E-state index in [4.69, 9.17) is 17.3 Å². The zero-order valence-corrected chi connectivity index (χ0v) is 11.3. The van der Waals surface area contributed by atoms with E-state index in [0.717, 1.165) is 37.1 Å². The molecule has 0 atom stereocenters. The fourth-order valence-electron chi connectivity index (χ4n) is 1.92. The van der Waals surface area contributed by atoms with Gasteiger partial charge in [-0.2, -0.15) is 0 Å². The maximum Gasteiger partial charge on any atom is 0.124 e. The molecule has 90 valence electrons. The summed E-state index contributed by atoms with van der Waals surface area (Å²) in [6.07, 6.45) is 0. The topological polar surface area (TPSA) is 38.9 Å². The number of fused-ring (bicyclic) bond motifs is 1. The number of hydrogen-bond acceptors (Lipinski definition) is 3. The van der Waals surface area contributed by atoms with Crippen LogP contribution in [0.3, 0.4) is 0 Å². The quantitative estimate of drug-likeness (QED) is 0.663. The number of anilines is 1. The predicted molar refractivity (Wildman–Crippen MR) is 79.2 cm³/mol. The Morgan fingerprint density at radius 3 is 2.78 bits per heavy atom. The Morgan fingerprint density at radius 1 is 1.17 bits per heavy atom. The molecule has 3 aromatic rings. The van der Waals surface area contributed by atoms with Crippen LogP contribution in [0, 0.1) is 6.92 Å². The lowest BCUT2D eigenvalue weighted by molar-refractivity contribution is 1.41. The first-order valence-electron chi connectivity index (χ1n) is 5.56. The SMILES string of the molecule is Cc1cc(Cl)ccc1-c1nc2ccc(N)cc2s1. The van der Waals surface area contributed by atoms with Crippen molar-refractivity contribution in [2.45, 2.75) is 6.92 Å². The van der Waals surface area contributed by atoms with Crippen LogP contribution in [0.2, 0.25) is 5.02 Å². The molecule has 2 N–H and O–H groups in total. The van der Waals surface area contributed by atoms with Crippen molar-refractivity contribution >= 4 is 38.8 Å². The highest BCUT2D eigenvalue weighted by atomic mass is 35.5. The van der Waals surface area contributed by atoms with Crippen molar-refractivity contribution in [3.05, 3.63) is 47.0 Å². The lowest BCUT2D eigenvalue weighted by atomic mass is 10.1. The Labute approximate surface area is 114 Å². The van der Waals surface area contributed by atoms with E-state index in [1.54, 1.807) is 11.3 Å². The monoisotopic (exact) mass is 274 g/mol. The molecule has 2 nitrogen and oxygen atoms in total. The first kappa shape index (κ1) is 11.5. The summed E-state index contributed by atoms with van der Waals surface area (Å²) in [6, 6.07) is 11.7. The van der Waals surface area contributed by atoms with Gasteiger partial charge in [0.15, 0.2) is 0 Å². The van der Waals surface area contributed by atoms with Crippen molar-refractivity contribution in [2.75, 3.05) is 5.73 Å². The van der Waals surface area contributed by atoms with Crippen LogP contribution in [-0.4, -0.2) is 4.98 Å². The fraction of sp³-hybridized carbons (Fsp3) is 0.0714. The number of aryl methyl sites for hydroxylation is 1. The predicted octanol–water partition coefficient (Wildman–Crippen LogP) is 4.51. The highest BCUT2D eigenvalue weighted by Gasteiger charge is 2.09. The van der Waals surface area contributed by atoms with Crippen molar-refractivity contribution in [1.29, 1.82) is 0 Å². The van der Waals surface area contributed by atoms with Gasteiger partial charge in [-0.05, 0) is 42.8 Å². The van der Waals surface area contributed by atoms with E-state index in [1.807, 2.05) is 43.3 Å². The van der Waals surface area contributed by atoms with Crippen LogP contribution in [0.4, 0.5) is 5.69 Å². The van der Waals surface area contributed by atoms with Crippen LogP contribution in [0.15, 0.2) is 36.4 Å². The number of halogens is 1. The highest BCUT2D eigenvalue weighted by Crippen LogP contribution is 2.33. The second-order valence-electron chi connectivity index (χ2n) is 4.21. The number of aromatic nitrogens is 1. The summed E-state index contributed by atoms with van der Waals surface area (Å²) in [6.45, 7) is 2.04. The van der Waals surface area contributed by atoms with Gasteiger partial charge in [-0.25, -0.2) is 4.98 Å². The van der Waals surface area contributed by atoms with Gasteiger partial charge in [0.2, 0.25) is 0 Å². The first-order chi connectivity index (χ1) is 8.63. The lowest BCUT2D eigenvalue weighted by Gasteiger charge is -2.01. The summed E-state index contributed by atoms with van der Waals surface area (Å²) in [7, 11) is 0. The molecule has 4 heteroatoms. The van der Waals surface area contributed by atoms with Gasteiger partial charge in [-0.1, -0.05) is 17.7 Å². The van der Waals surface area contributed by atoms with Gasteiger partial charge in [0.05, 0.1) is 10.2 Å². The molecule has 1 aromatic heterocycles. The number of hydrogen-bond donors (Lipinski definition) is 1. The van der Waals surface area contributed by atoms with E-state index in [9.17, 15) is 0 Å². The Kier molecular flexibility index (Phi) is 2.73. The second-order valence-corrected chi connectivity index (χ2v) is 5.67. The molecule has 1 heterocycles. The summed E-state index contributed by atoms with van der Waals surface area (Å²) in [5.74, 6) is 0. The van der Waals surface area contributed by atoms with Crippen LogP contribution in [0.1, 0.15) is 5.56 Å². The Morgan fingerprint density at radius 2 is 2.00 bits per heavy atom. The van der Waals surface area contributed by atoms with Crippen LogP contribution in [-0.2, 0) is 0 Å². The van der Waals surface area contributed by atoms with Crippen molar-refractivity contribution < 1.29 is 0 Å². The minimum absolute atomic E-state index is 0.751. The molecular weight excluding hydrogens is 264 g/mol. The molecule has 0 saturated heterocycles. The normalized spacial score (nSPS) is 11.0.